The molecule has 0 spiro atoms. The number of ether oxygens (including phenoxy) is 2. The minimum atomic E-state index is -0.00606. The number of hydrogen-bond acceptors (Lipinski definition) is 3. The zero-order chi connectivity index (χ0) is 13.8. The molecule has 1 aromatic heterocycles. The average molecular weight is 347 g/mol. The van der Waals surface area contributed by atoms with E-state index in [1.807, 2.05) is 24.3 Å². The van der Waals surface area contributed by atoms with Gasteiger partial charge in [0.25, 0.3) is 0 Å². The maximum absolute atomic E-state index is 11.9. The standard InChI is InChI=1S/C15H16NO3.Y/c1-11-4-9-14(16(2)15(11)17)12-5-7-13(8-6-12)19-10-18-3;/h4-8H,10H2,1-3H3;/q-1;. The smallest absolute Gasteiger partial charge is 0.197 e. The van der Waals surface area contributed by atoms with Crippen LogP contribution in [0.15, 0.2) is 35.1 Å². The van der Waals surface area contributed by atoms with E-state index in [9.17, 15) is 4.79 Å². The Hall–Kier alpha value is -0.966. The minimum absolute atomic E-state index is 0. The molecule has 0 saturated heterocycles. The average Bonchev–Trinajstić information content (AvgIpc) is 2.44. The number of aromatic nitrogens is 1. The van der Waals surface area contributed by atoms with Crippen LogP contribution >= 0.6 is 0 Å². The van der Waals surface area contributed by atoms with Crippen molar-refractivity contribution < 1.29 is 42.2 Å². The van der Waals surface area contributed by atoms with Crippen molar-refractivity contribution in [3.8, 4) is 17.0 Å². The summed E-state index contributed by atoms with van der Waals surface area (Å²) in [6.07, 6.45) is 0. The third kappa shape index (κ3) is 3.78. The third-order valence-corrected chi connectivity index (χ3v) is 2.87. The summed E-state index contributed by atoms with van der Waals surface area (Å²) in [5.41, 5.74) is 2.36. The summed E-state index contributed by atoms with van der Waals surface area (Å²) in [7, 11) is 3.32. The van der Waals surface area contributed by atoms with Crippen LogP contribution in [-0.4, -0.2) is 18.5 Å². The van der Waals surface area contributed by atoms with E-state index in [1.54, 1.807) is 31.7 Å². The molecule has 0 bridgehead atoms. The first-order valence-corrected chi connectivity index (χ1v) is 5.94. The first-order chi connectivity index (χ1) is 9.13. The molecule has 0 aliphatic rings. The topological polar surface area (TPSA) is 40.5 Å². The van der Waals surface area contributed by atoms with Gasteiger partial charge >= 0.3 is 0 Å². The predicted molar refractivity (Wildman–Crippen MR) is 73.2 cm³/mol. The van der Waals surface area contributed by atoms with E-state index in [2.05, 4.69) is 6.07 Å². The van der Waals surface area contributed by atoms with Gasteiger partial charge in [-0.25, -0.2) is 0 Å². The van der Waals surface area contributed by atoms with Crippen molar-refractivity contribution in [3.05, 3.63) is 52.3 Å². The second-order valence-corrected chi connectivity index (χ2v) is 4.26. The van der Waals surface area contributed by atoms with Crippen LogP contribution in [0.4, 0.5) is 0 Å². The molecule has 1 radical (unpaired) electrons. The summed E-state index contributed by atoms with van der Waals surface area (Å²) in [6, 6.07) is 12.3. The molecular weight excluding hydrogens is 331 g/mol. The Morgan fingerprint density at radius 3 is 2.50 bits per heavy atom. The second kappa shape index (κ2) is 7.72. The number of benzene rings is 1. The Balaban J connectivity index is 0.00000200. The summed E-state index contributed by atoms with van der Waals surface area (Å²) >= 11 is 0. The van der Waals surface area contributed by atoms with Gasteiger partial charge in [-0.15, -0.1) is 12.1 Å². The maximum Gasteiger partial charge on any atom is 0.197 e. The monoisotopic (exact) mass is 347 g/mol. The van der Waals surface area contributed by atoms with E-state index < -0.39 is 0 Å². The van der Waals surface area contributed by atoms with Crippen LogP contribution < -0.4 is 10.3 Å². The molecule has 0 aliphatic carbocycles. The molecule has 4 nitrogen and oxygen atoms in total. The summed E-state index contributed by atoms with van der Waals surface area (Å²) < 4.78 is 11.8. The van der Waals surface area contributed by atoms with E-state index in [0.29, 0.717) is 5.56 Å². The van der Waals surface area contributed by atoms with Crippen molar-refractivity contribution in [3.63, 3.8) is 0 Å². The van der Waals surface area contributed by atoms with Gasteiger partial charge in [0.15, 0.2) is 12.4 Å². The Kier molecular flexibility index (Phi) is 6.60. The summed E-state index contributed by atoms with van der Waals surface area (Å²) in [5, 5.41) is 0. The molecule has 5 heteroatoms. The number of nitrogens with zero attached hydrogens (tertiary/aromatic N) is 1. The van der Waals surface area contributed by atoms with Crippen LogP contribution in [0.3, 0.4) is 0 Å². The van der Waals surface area contributed by atoms with Crippen molar-refractivity contribution >= 4 is 0 Å². The molecule has 2 aromatic rings. The summed E-state index contributed by atoms with van der Waals surface area (Å²) in [5.74, 6) is 0.725. The Bertz CT molecular complexity index is 620. The fourth-order valence-corrected chi connectivity index (χ4v) is 1.81. The maximum atomic E-state index is 11.9. The summed E-state index contributed by atoms with van der Waals surface area (Å²) in [4.78, 5) is 11.9. The molecule has 0 atom stereocenters. The third-order valence-electron chi connectivity index (χ3n) is 2.87. The fourth-order valence-electron chi connectivity index (χ4n) is 1.81. The van der Waals surface area contributed by atoms with Gasteiger partial charge in [-0.1, -0.05) is 23.7 Å². The first-order valence-electron chi connectivity index (χ1n) is 5.94. The molecule has 0 aliphatic heterocycles. The van der Waals surface area contributed by atoms with Crippen LogP contribution in [0.25, 0.3) is 11.3 Å². The van der Waals surface area contributed by atoms with Crippen LogP contribution in [-0.2, 0) is 44.5 Å². The van der Waals surface area contributed by atoms with E-state index in [0.717, 1.165) is 17.0 Å². The minimum Gasteiger partial charge on any atom is -0.468 e. The zero-order valence-electron chi connectivity index (χ0n) is 11.8. The van der Waals surface area contributed by atoms with Gasteiger partial charge in [0.1, 0.15) is 5.75 Å². The van der Waals surface area contributed by atoms with E-state index in [1.165, 1.54) is 0 Å². The van der Waals surface area contributed by atoms with Gasteiger partial charge in [0.05, 0.1) is 0 Å². The molecule has 0 fully saturated rings. The molecule has 0 unspecified atom stereocenters. The van der Waals surface area contributed by atoms with Crippen molar-refractivity contribution in [2.45, 2.75) is 6.92 Å². The van der Waals surface area contributed by atoms with Crippen molar-refractivity contribution in [2.75, 3.05) is 13.9 Å². The predicted octanol–water partition coefficient (Wildman–Crippen LogP) is 2.14. The van der Waals surface area contributed by atoms with Crippen LogP contribution in [0, 0.1) is 13.0 Å². The van der Waals surface area contributed by atoms with Crippen molar-refractivity contribution in [1.82, 2.24) is 4.57 Å². The van der Waals surface area contributed by atoms with E-state index in [-0.39, 0.29) is 45.1 Å². The Labute approximate surface area is 143 Å². The Morgan fingerprint density at radius 2 is 1.90 bits per heavy atom. The van der Waals surface area contributed by atoms with Crippen LogP contribution in [0.1, 0.15) is 5.56 Å². The van der Waals surface area contributed by atoms with Crippen LogP contribution in [0.5, 0.6) is 5.75 Å². The fraction of sp³-hybridized carbons (Fsp3) is 0.267. The molecule has 1 heterocycles. The molecule has 0 N–H and O–H groups in total. The number of hydrogen-bond donors (Lipinski definition) is 0. The van der Waals surface area contributed by atoms with Crippen LogP contribution in [0.2, 0.25) is 0 Å². The quantitative estimate of drug-likeness (QED) is 0.629. The SMILES string of the molecule is COCOc1ccc(-c2[c-]cc(C)c(=O)n2C)cc1.[Y]. The van der Waals surface area contributed by atoms with Gasteiger partial charge in [0, 0.05) is 46.9 Å². The van der Waals surface area contributed by atoms with Gasteiger partial charge in [-0.3, -0.25) is 4.79 Å². The zero-order valence-corrected chi connectivity index (χ0v) is 14.7. The number of methoxy groups -OCH3 is 1. The summed E-state index contributed by atoms with van der Waals surface area (Å²) in [6.45, 7) is 2.00. The van der Waals surface area contributed by atoms with E-state index in [4.69, 9.17) is 9.47 Å². The number of pyridine rings is 1. The number of aryl methyl sites for hydroxylation is 1. The van der Waals surface area contributed by atoms with Crippen molar-refractivity contribution in [2.24, 2.45) is 7.05 Å². The molecule has 20 heavy (non-hydrogen) atoms. The van der Waals surface area contributed by atoms with E-state index >= 15 is 0 Å². The van der Waals surface area contributed by atoms with Gasteiger partial charge in [-0.05, 0) is 12.1 Å². The molecule has 1 aromatic carbocycles. The molecule has 103 valence electrons. The first kappa shape index (κ1) is 17.1. The van der Waals surface area contributed by atoms with Gasteiger partial charge in [0.2, 0.25) is 0 Å². The molecule has 0 amide bonds. The normalized spacial score (nSPS) is 9.95. The second-order valence-electron chi connectivity index (χ2n) is 4.26. The molecular formula is C15H16NO3Y-. The van der Waals surface area contributed by atoms with Gasteiger partial charge in [-0.2, -0.15) is 12.1 Å². The Morgan fingerprint density at radius 1 is 1.25 bits per heavy atom. The largest absolute Gasteiger partial charge is 0.468 e. The molecule has 0 saturated carbocycles. The van der Waals surface area contributed by atoms with Crippen molar-refractivity contribution in [1.29, 1.82) is 0 Å². The van der Waals surface area contributed by atoms with Gasteiger partial charge < -0.3 is 14.0 Å². The number of rotatable bonds is 4. The molecule has 2 rings (SSSR count).